The SMILES string of the molecule is [CH2]CCn1cc[n+](CCCCCCCCCn2cc[n+](C)c2)c1. The van der Waals surface area contributed by atoms with Crippen LogP contribution >= 0.6 is 0 Å². The van der Waals surface area contributed by atoms with E-state index in [-0.39, 0.29) is 0 Å². The van der Waals surface area contributed by atoms with Gasteiger partial charge in [0, 0.05) is 0 Å². The van der Waals surface area contributed by atoms with Crippen LogP contribution in [0.15, 0.2) is 37.4 Å². The van der Waals surface area contributed by atoms with Gasteiger partial charge in [-0.1, -0.05) is 19.3 Å². The van der Waals surface area contributed by atoms with Crippen molar-refractivity contribution in [2.45, 2.75) is 71.0 Å². The molecule has 4 heteroatoms. The second-order valence-electron chi connectivity index (χ2n) is 6.53. The monoisotopic (exact) mass is 317 g/mol. The lowest BCUT2D eigenvalue weighted by atomic mass is 10.1. The lowest BCUT2D eigenvalue weighted by Crippen LogP contribution is -2.30. The van der Waals surface area contributed by atoms with Crippen molar-refractivity contribution in [1.82, 2.24) is 9.13 Å². The predicted molar refractivity (Wildman–Crippen MR) is 92.5 cm³/mol. The Kier molecular flexibility index (Phi) is 7.91. The van der Waals surface area contributed by atoms with Gasteiger partial charge < -0.3 is 0 Å². The Morgan fingerprint density at radius 2 is 1.43 bits per heavy atom. The number of hydrogen-bond acceptors (Lipinski definition) is 0. The number of imidazole rings is 2. The molecule has 2 heterocycles. The van der Waals surface area contributed by atoms with Crippen LogP contribution in [0.25, 0.3) is 0 Å². The second kappa shape index (κ2) is 10.2. The number of aryl methyl sites for hydroxylation is 4. The summed E-state index contributed by atoms with van der Waals surface area (Å²) in [6.07, 6.45) is 23.3. The summed E-state index contributed by atoms with van der Waals surface area (Å²) in [7, 11) is 2.07. The maximum absolute atomic E-state index is 3.89. The maximum atomic E-state index is 3.89. The number of aromatic nitrogens is 4. The molecule has 0 unspecified atom stereocenters. The van der Waals surface area contributed by atoms with Crippen LogP contribution in [0.5, 0.6) is 0 Å². The van der Waals surface area contributed by atoms with Gasteiger partial charge in [0.25, 0.3) is 0 Å². The molecule has 0 saturated carbocycles. The molecule has 0 aliphatic carbocycles. The topological polar surface area (TPSA) is 17.6 Å². The van der Waals surface area contributed by atoms with Crippen molar-refractivity contribution in [1.29, 1.82) is 0 Å². The molecule has 0 aromatic carbocycles. The summed E-state index contributed by atoms with van der Waals surface area (Å²) in [6.45, 7) is 7.22. The molecule has 0 atom stereocenters. The third-order valence-corrected chi connectivity index (χ3v) is 4.32. The third kappa shape index (κ3) is 7.02. The molecule has 0 N–H and O–H groups in total. The van der Waals surface area contributed by atoms with Gasteiger partial charge in [-0.25, -0.2) is 18.3 Å². The molecule has 23 heavy (non-hydrogen) atoms. The highest BCUT2D eigenvalue weighted by atomic mass is 15.1. The van der Waals surface area contributed by atoms with E-state index in [4.69, 9.17) is 0 Å². The summed E-state index contributed by atoms with van der Waals surface area (Å²) in [4.78, 5) is 0. The van der Waals surface area contributed by atoms with Crippen molar-refractivity contribution >= 4 is 0 Å². The Bertz CT molecular complexity index is 541. The first-order valence-electron chi connectivity index (χ1n) is 9.13. The zero-order chi connectivity index (χ0) is 16.3. The summed E-state index contributed by atoms with van der Waals surface area (Å²) >= 11 is 0. The highest BCUT2D eigenvalue weighted by Gasteiger charge is 2.02. The molecule has 0 fully saturated rings. The van der Waals surface area contributed by atoms with Gasteiger partial charge in [0.2, 0.25) is 12.7 Å². The Morgan fingerprint density at radius 1 is 0.783 bits per heavy atom. The normalized spacial score (nSPS) is 11.2. The second-order valence-corrected chi connectivity index (χ2v) is 6.53. The van der Waals surface area contributed by atoms with Crippen LogP contribution in [0.4, 0.5) is 0 Å². The van der Waals surface area contributed by atoms with E-state index in [1.807, 2.05) is 0 Å². The Balaban J connectivity index is 1.41. The van der Waals surface area contributed by atoms with E-state index in [2.05, 4.69) is 69.7 Å². The minimum Gasteiger partial charge on any atom is -0.240 e. The largest absolute Gasteiger partial charge is 0.243 e. The minimum atomic E-state index is 0.956. The van der Waals surface area contributed by atoms with Crippen LogP contribution in [-0.2, 0) is 26.7 Å². The number of hydrogen-bond donors (Lipinski definition) is 0. The molecule has 2 aromatic rings. The van der Waals surface area contributed by atoms with Gasteiger partial charge in [0.1, 0.15) is 24.8 Å². The zero-order valence-electron chi connectivity index (χ0n) is 14.7. The highest BCUT2D eigenvalue weighted by Crippen LogP contribution is 2.08. The third-order valence-electron chi connectivity index (χ3n) is 4.32. The average molecular weight is 318 g/mol. The molecule has 0 amide bonds. The van der Waals surface area contributed by atoms with E-state index in [1.54, 1.807) is 0 Å². The van der Waals surface area contributed by atoms with Crippen molar-refractivity contribution < 1.29 is 9.13 Å². The van der Waals surface area contributed by atoms with Gasteiger partial charge in [-0.2, -0.15) is 0 Å². The zero-order valence-corrected chi connectivity index (χ0v) is 14.7. The van der Waals surface area contributed by atoms with Gasteiger partial charge in [0.05, 0.1) is 26.7 Å². The molecule has 0 saturated heterocycles. The van der Waals surface area contributed by atoms with Crippen molar-refractivity contribution in [3.05, 3.63) is 44.4 Å². The Morgan fingerprint density at radius 3 is 2.13 bits per heavy atom. The van der Waals surface area contributed by atoms with Crippen LogP contribution in [0.2, 0.25) is 0 Å². The maximum Gasteiger partial charge on any atom is 0.243 e. The molecule has 2 aromatic heterocycles. The molecule has 0 bridgehead atoms. The molecular formula is C19H33N4+2. The summed E-state index contributed by atoms with van der Waals surface area (Å²) in [5, 5.41) is 0. The molecule has 0 aliphatic rings. The lowest BCUT2D eigenvalue weighted by molar-refractivity contribution is -0.696. The van der Waals surface area contributed by atoms with Crippen molar-refractivity contribution in [2.24, 2.45) is 7.05 Å². The fraction of sp³-hybridized carbons (Fsp3) is 0.632. The van der Waals surface area contributed by atoms with Gasteiger partial charge in [-0.05, 0) is 39.0 Å². The molecular weight excluding hydrogens is 284 g/mol. The molecule has 4 nitrogen and oxygen atoms in total. The first-order chi connectivity index (χ1) is 11.3. The van der Waals surface area contributed by atoms with E-state index in [1.165, 1.54) is 44.9 Å². The summed E-state index contributed by atoms with van der Waals surface area (Å²) in [6, 6.07) is 0. The molecule has 0 spiro atoms. The molecule has 0 aliphatic heterocycles. The van der Waals surface area contributed by atoms with E-state index < -0.39 is 0 Å². The van der Waals surface area contributed by atoms with E-state index in [0.29, 0.717) is 0 Å². The molecule has 2 rings (SSSR count). The minimum absolute atomic E-state index is 0.956. The summed E-state index contributed by atoms with van der Waals surface area (Å²) in [5.74, 6) is 0. The Hall–Kier alpha value is -1.58. The summed E-state index contributed by atoms with van der Waals surface area (Å²) in [5.41, 5.74) is 0. The Labute approximate surface area is 141 Å². The van der Waals surface area contributed by atoms with Crippen molar-refractivity contribution in [3.63, 3.8) is 0 Å². The fourth-order valence-corrected chi connectivity index (χ4v) is 2.99. The van der Waals surface area contributed by atoms with Gasteiger partial charge in [0.15, 0.2) is 0 Å². The highest BCUT2D eigenvalue weighted by molar-refractivity contribution is 4.66. The van der Waals surface area contributed by atoms with Gasteiger partial charge >= 0.3 is 0 Å². The molecule has 1 radical (unpaired) electrons. The van der Waals surface area contributed by atoms with E-state index in [0.717, 1.165) is 26.1 Å². The van der Waals surface area contributed by atoms with Crippen LogP contribution in [-0.4, -0.2) is 9.13 Å². The smallest absolute Gasteiger partial charge is 0.240 e. The molecule has 127 valence electrons. The van der Waals surface area contributed by atoms with Gasteiger partial charge in [-0.15, -0.1) is 0 Å². The summed E-state index contributed by atoms with van der Waals surface area (Å²) < 4.78 is 8.90. The van der Waals surface area contributed by atoms with E-state index >= 15 is 0 Å². The quantitative estimate of drug-likeness (QED) is 0.423. The lowest BCUT2D eigenvalue weighted by Gasteiger charge is -2.01. The van der Waals surface area contributed by atoms with Crippen LogP contribution < -0.4 is 9.13 Å². The first kappa shape index (κ1) is 17.8. The van der Waals surface area contributed by atoms with E-state index in [9.17, 15) is 0 Å². The average Bonchev–Trinajstić information content (AvgIpc) is 3.15. The standard InChI is InChI=1S/C19H33N4/c1-3-11-21-16-17-23(19-21)13-10-8-6-4-5-7-9-12-22-15-14-20(2)18-22/h14-19H,1,3-13H2,2H3/q+2. The van der Waals surface area contributed by atoms with Crippen LogP contribution in [0, 0.1) is 6.92 Å². The number of unbranched alkanes of at least 4 members (excludes halogenated alkanes) is 6. The predicted octanol–water partition coefficient (Wildman–Crippen LogP) is 3.06. The fourth-order valence-electron chi connectivity index (χ4n) is 2.99. The van der Waals surface area contributed by atoms with Gasteiger partial charge in [-0.3, -0.25) is 0 Å². The first-order valence-corrected chi connectivity index (χ1v) is 9.13. The van der Waals surface area contributed by atoms with Crippen LogP contribution in [0.1, 0.15) is 51.4 Å². The van der Waals surface area contributed by atoms with Crippen molar-refractivity contribution in [2.75, 3.05) is 0 Å². The number of nitrogens with zero attached hydrogens (tertiary/aromatic N) is 4. The van der Waals surface area contributed by atoms with Crippen molar-refractivity contribution in [3.8, 4) is 0 Å². The van der Waals surface area contributed by atoms with Crippen LogP contribution in [0.3, 0.4) is 0 Å². The number of rotatable bonds is 12.